The zero-order valence-corrected chi connectivity index (χ0v) is 17.3. The first-order chi connectivity index (χ1) is 14.4. The predicted octanol–water partition coefficient (Wildman–Crippen LogP) is 2.67. The molecule has 2 N–H and O–H groups in total. The van der Waals surface area contributed by atoms with Crippen LogP contribution in [0, 0.1) is 0 Å². The third-order valence-electron chi connectivity index (χ3n) is 4.38. The molecule has 0 spiro atoms. The van der Waals surface area contributed by atoms with E-state index in [1.807, 2.05) is 0 Å². The van der Waals surface area contributed by atoms with Gasteiger partial charge in [-0.2, -0.15) is 0 Å². The topological polar surface area (TPSA) is 114 Å². The number of rotatable bonds is 7. The minimum Gasteiger partial charge on any atom is -0.447 e. The molecule has 30 heavy (non-hydrogen) atoms. The fourth-order valence-corrected chi connectivity index (χ4v) is 4.54. The summed E-state index contributed by atoms with van der Waals surface area (Å²) in [5.41, 5.74) is 1.71. The number of methoxy groups -OCH3 is 1. The van der Waals surface area contributed by atoms with Crippen molar-refractivity contribution in [3.63, 3.8) is 0 Å². The van der Waals surface area contributed by atoms with Crippen LogP contribution >= 0.6 is 0 Å². The first kappa shape index (κ1) is 21.6. The lowest BCUT2D eigenvalue weighted by molar-refractivity contribution is 0.102. The van der Waals surface area contributed by atoms with Crippen molar-refractivity contribution in [2.45, 2.75) is 6.42 Å². The third kappa shape index (κ3) is 5.49. The maximum Gasteiger partial charge on any atom is 0.411 e. The minimum absolute atomic E-state index is 0.108. The second kappa shape index (κ2) is 9.59. The Hall–Kier alpha value is -3.11. The van der Waals surface area contributed by atoms with Crippen molar-refractivity contribution in [3.8, 4) is 0 Å². The van der Waals surface area contributed by atoms with E-state index in [9.17, 15) is 18.0 Å². The Kier molecular flexibility index (Phi) is 6.91. The molecule has 1 aliphatic heterocycles. The molecule has 0 radical (unpaired) electrons. The highest BCUT2D eigenvalue weighted by molar-refractivity contribution is 7.93. The molecule has 0 atom stereocenters. The molecule has 1 saturated heterocycles. The molecule has 0 bridgehead atoms. The molecule has 2 amide bonds. The predicted molar refractivity (Wildman–Crippen MR) is 113 cm³/mol. The van der Waals surface area contributed by atoms with E-state index in [1.54, 1.807) is 48.5 Å². The Morgan fingerprint density at radius 1 is 1.03 bits per heavy atom. The lowest BCUT2D eigenvalue weighted by Crippen LogP contribution is -2.25. The summed E-state index contributed by atoms with van der Waals surface area (Å²) < 4.78 is 35.3. The molecule has 1 fully saturated rings. The lowest BCUT2D eigenvalue weighted by atomic mass is 10.1. The van der Waals surface area contributed by atoms with Crippen molar-refractivity contribution in [2.24, 2.45) is 0 Å². The van der Waals surface area contributed by atoms with Gasteiger partial charge in [0.15, 0.2) is 0 Å². The zero-order chi connectivity index (χ0) is 21.6. The van der Waals surface area contributed by atoms with Gasteiger partial charge in [0.25, 0.3) is 5.91 Å². The van der Waals surface area contributed by atoms with E-state index in [2.05, 4.69) is 10.6 Å². The van der Waals surface area contributed by atoms with E-state index in [-0.39, 0.29) is 12.4 Å². The van der Waals surface area contributed by atoms with Crippen LogP contribution < -0.4 is 14.9 Å². The SMILES string of the molecule is COCCOC(=O)Nc1cccc(NC(=O)c2cccc(N3CCCS3(=O)=O)c2)c1. The molecule has 0 saturated carbocycles. The third-order valence-corrected chi connectivity index (χ3v) is 6.25. The van der Waals surface area contributed by atoms with Crippen LogP contribution in [0.1, 0.15) is 16.8 Å². The number of nitrogens with zero attached hydrogens (tertiary/aromatic N) is 1. The maximum absolute atomic E-state index is 12.6. The lowest BCUT2D eigenvalue weighted by Gasteiger charge is -2.17. The van der Waals surface area contributed by atoms with Crippen LogP contribution in [0.15, 0.2) is 48.5 Å². The average Bonchev–Trinajstić information content (AvgIpc) is 3.07. The number of ether oxygens (including phenoxy) is 2. The number of carbonyl (C=O) groups excluding carboxylic acids is 2. The number of benzene rings is 2. The second-order valence-corrected chi connectivity index (χ2v) is 8.59. The summed E-state index contributed by atoms with van der Waals surface area (Å²) in [7, 11) is -1.82. The van der Waals surface area contributed by atoms with Gasteiger partial charge in [-0.25, -0.2) is 13.2 Å². The Balaban J connectivity index is 1.66. The van der Waals surface area contributed by atoms with Crippen molar-refractivity contribution in [2.75, 3.05) is 47.6 Å². The standard InChI is InChI=1S/C20H23N3O6S/c1-28-10-11-29-20(25)22-17-7-3-6-16(14-17)21-19(24)15-5-2-8-18(13-15)23-9-4-12-30(23,26)27/h2-3,5-8,13-14H,4,9-12H2,1H3,(H,21,24)(H,22,25). The Morgan fingerprint density at radius 2 is 1.77 bits per heavy atom. The number of hydrogen-bond acceptors (Lipinski definition) is 6. The van der Waals surface area contributed by atoms with Gasteiger partial charge >= 0.3 is 6.09 Å². The number of nitrogens with one attached hydrogen (secondary N) is 2. The van der Waals surface area contributed by atoms with Crippen molar-refractivity contribution >= 4 is 39.1 Å². The molecule has 0 aromatic heterocycles. The Bertz CT molecular complexity index is 1020. The van der Waals surface area contributed by atoms with Gasteiger partial charge in [0.1, 0.15) is 6.61 Å². The molecular formula is C20H23N3O6S. The van der Waals surface area contributed by atoms with E-state index in [0.29, 0.717) is 42.2 Å². The molecule has 160 valence electrons. The van der Waals surface area contributed by atoms with Crippen molar-refractivity contribution in [1.29, 1.82) is 0 Å². The van der Waals surface area contributed by atoms with E-state index < -0.39 is 22.0 Å². The van der Waals surface area contributed by atoms with Gasteiger partial charge in [0.05, 0.1) is 18.0 Å². The fourth-order valence-electron chi connectivity index (χ4n) is 2.98. The van der Waals surface area contributed by atoms with E-state index in [1.165, 1.54) is 11.4 Å². The molecule has 1 heterocycles. The fraction of sp³-hybridized carbons (Fsp3) is 0.300. The van der Waals surface area contributed by atoms with Crippen LogP contribution in [0.5, 0.6) is 0 Å². The summed E-state index contributed by atoms with van der Waals surface area (Å²) >= 11 is 0. The smallest absolute Gasteiger partial charge is 0.411 e. The molecule has 1 aliphatic rings. The first-order valence-corrected chi connectivity index (χ1v) is 10.9. The van der Waals surface area contributed by atoms with E-state index in [4.69, 9.17) is 9.47 Å². The Labute approximate surface area is 175 Å². The van der Waals surface area contributed by atoms with Crippen LogP contribution in [0.2, 0.25) is 0 Å². The molecule has 3 rings (SSSR count). The summed E-state index contributed by atoms with van der Waals surface area (Å²) in [6.07, 6.45) is -0.0676. The number of carbonyl (C=O) groups is 2. The van der Waals surface area contributed by atoms with Gasteiger partial charge in [-0.15, -0.1) is 0 Å². The molecule has 10 heteroatoms. The molecule has 2 aromatic carbocycles. The second-order valence-electron chi connectivity index (χ2n) is 6.58. The van der Waals surface area contributed by atoms with Crippen molar-refractivity contribution < 1.29 is 27.5 Å². The summed E-state index contributed by atoms with van der Waals surface area (Å²) in [5, 5.41) is 5.31. The molecule has 9 nitrogen and oxygen atoms in total. The zero-order valence-electron chi connectivity index (χ0n) is 16.5. The number of sulfonamides is 1. The first-order valence-electron chi connectivity index (χ1n) is 9.34. The molecular weight excluding hydrogens is 410 g/mol. The van der Waals surface area contributed by atoms with Crippen molar-refractivity contribution in [3.05, 3.63) is 54.1 Å². The molecule has 0 unspecified atom stereocenters. The summed E-state index contributed by atoms with van der Waals surface area (Å²) in [6, 6.07) is 13.1. The van der Waals surface area contributed by atoms with E-state index in [0.717, 1.165) is 0 Å². The van der Waals surface area contributed by atoms with Gasteiger partial charge in [-0.05, 0) is 42.8 Å². The van der Waals surface area contributed by atoms with Gasteiger partial charge in [-0.1, -0.05) is 12.1 Å². The monoisotopic (exact) mass is 433 g/mol. The highest BCUT2D eigenvalue weighted by atomic mass is 32.2. The van der Waals surface area contributed by atoms with Crippen LogP contribution in [0.3, 0.4) is 0 Å². The minimum atomic E-state index is -3.33. The number of anilines is 3. The van der Waals surface area contributed by atoms with Crippen LogP contribution in [-0.2, 0) is 19.5 Å². The number of hydrogen-bond donors (Lipinski definition) is 2. The van der Waals surface area contributed by atoms with E-state index >= 15 is 0 Å². The van der Waals surface area contributed by atoms with Gasteiger partial charge in [0, 0.05) is 30.6 Å². The van der Waals surface area contributed by atoms with Gasteiger partial charge in [-0.3, -0.25) is 14.4 Å². The van der Waals surface area contributed by atoms with Crippen LogP contribution in [0.25, 0.3) is 0 Å². The normalized spacial score (nSPS) is 14.9. The summed E-state index contributed by atoms with van der Waals surface area (Å²) in [6.45, 7) is 0.824. The largest absolute Gasteiger partial charge is 0.447 e. The summed E-state index contributed by atoms with van der Waals surface area (Å²) in [5.74, 6) is -0.287. The van der Waals surface area contributed by atoms with Gasteiger partial charge in [0.2, 0.25) is 10.0 Å². The van der Waals surface area contributed by atoms with Crippen LogP contribution in [0.4, 0.5) is 21.9 Å². The quantitative estimate of drug-likeness (QED) is 0.649. The van der Waals surface area contributed by atoms with Crippen molar-refractivity contribution in [1.82, 2.24) is 0 Å². The highest BCUT2D eigenvalue weighted by Gasteiger charge is 2.28. The Morgan fingerprint density at radius 3 is 2.47 bits per heavy atom. The van der Waals surface area contributed by atoms with Crippen LogP contribution in [-0.4, -0.2) is 53.0 Å². The maximum atomic E-state index is 12.6. The number of amides is 2. The van der Waals surface area contributed by atoms with Gasteiger partial charge < -0.3 is 14.8 Å². The molecule has 2 aromatic rings. The highest BCUT2D eigenvalue weighted by Crippen LogP contribution is 2.25. The summed E-state index contributed by atoms with van der Waals surface area (Å²) in [4.78, 5) is 24.4. The molecule has 0 aliphatic carbocycles. The average molecular weight is 433 g/mol.